The summed E-state index contributed by atoms with van der Waals surface area (Å²) < 4.78 is 10.1. The van der Waals surface area contributed by atoms with Crippen LogP contribution in [0.5, 0.6) is 5.75 Å². The van der Waals surface area contributed by atoms with Gasteiger partial charge in [-0.2, -0.15) is 5.26 Å². The largest absolute Gasteiger partial charge is 0.497 e. The normalized spacial score (nSPS) is 9.60. The Bertz CT molecular complexity index is 496. The topological polar surface area (TPSA) is 71.9 Å². The minimum absolute atomic E-state index is 0.0409. The molecule has 1 aromatic carbocycles. The van der Waals surface area contributed by atoms with Crippen LogP contribution < -0.4 is 4.74 Å². The SMILES string of the molecule is COc1ccc(-c2nnc(C#N)o2)cc1. The van der Waals surface area contributed by atoms with Crippen molar-refractivity contribution < 1.29 is 9.15 Å². The predicted molar refractivity (Wildman–Crippen MR) is 51.0 cm³/mol. The van der Waals surface area contributed by atoms with Crippen molar-refractivity contribution in [3.8, 4) is 23.3 Å². The Kier molecular flexibility index (Phi) is 2.33. The lowest BCUT2D eigenvalue weighted by atomic mass is 10.2. The number of methoxy groups -OCH3 is 1. The summed E-state index contributed by atoms with van der Waals surface area (Å²) in [4.78, 5) is 0. The summed E-state index contributed by atoms with van der Waals surface area (Å²) in [5.74, 6) is 1.04. The molecule has 0 aliphatic rings. The molecule has 0 amide bonds. The molecule has 0 saturated heterocycles. The van der Waals surface area contributed by atoms with E-state index in [0.29, 0.717) is 5.89 Å². The first-order valence-electron chi connectivity index (χ1n) is 4.21. The monoisotopic (exact) mass is 201 g/mol. The standard InChI is InChI=1S/C10H7N3O2/c1-14-8-4-2-7(3-5-8)10-13-12-9(6-11)15-10/h2-5H,1H3. The maximum Gasteiger partial charge on any atom is 0.321 e. The third kappa shape index (κ3) is 1.79. The molecule has 0 N–H and O–H groups in total. The van der Waals surface area contributed by atoms with Gasteiger partial charge in [-0.05, 0) is 24.3 Å². The van der Waals surface area contributed by atoms with Gasteiger partial charge in [0.1, 0.15) is 5.75 Å². The average molecular weight is 201 g/mol. The highest BCUT2D eigenvalue weighted by Gasteiger charge is 2.07. The summed E-state index contributed by atoms with van der Waals surface area (Å²) in [5, 5.41) is 15.8. The number of nitriles is 1. The quantitative estimate of drug-likeness (QED) is 0.738. The molecule has 0 bridgehead atoms. The van der Waals surface area contributed by atoms with Crippen molar-refractivity contribution in [2.75, 3.05) is 7.11 Å². The average Bonchev–Trinajstić information content (AvgIpc) is 2.78. The minimum atomic E-state index is -0.0409. The molecule has 15 heavy (non-hydrogen) atoms. The van der Waals surface area contributed by atoms with Gasteiger partial charge in [0.2, 0.25) is 5.89 Å². The van der Waals surface area contributed by atoms with E-state index in [9.17, 15) is 0 Å². The molecule has 0 saturated carbocycles. The third-order valence-corrected chi connectivity index (χ3v) is 1.86. The van der Waals surface area contributed by atoms with Crippen LogP contribution in [0.4, 0.5) is 0 Å². The lowest BCUT2D eigenvalue weighted by molar-refractivity contribution is 0.415. The Hall–Kier alpha value is -2.35. The lowest BCUT2D eigenvalue weighted by Gasteiger charge is -1.98. The van der Waals surface area contributed by atoms with E-state index < -0.39 is 0 Å². The Morgan fingerprint density at radius 3 is 2.53 bits per heavy atom. The molecule has 0 aliphatic carbocycles. The zero-order valence-electron chi connectivity index (χ0n) is 7.97. The van der Waals surface area contributed by atoms with E-state index in [0.717, 1.165) is 11.3 Å². The van der Waals surface area contributed by atoms with Crippen LogP contribution in [-0.4, -0.2) is 17.3 Å². The molecule has 2 aromatic rings. The number of hydrogen-bond acceptors (Lipinski definition) is 5. The van der Waals surface area contributed by atoms with Crippen LogP contribution in [0.1, 0.15) is 5.89 Å². The zero-order chi connectivity index (χ0) is 10.7. The highest BCUT2D eigenvalue weighted by atomic mass is 16.5. The Balaban J connectivity index is 2.33. The maximum absolute atomic E-state index is 8.51. The van der Waals surface area contributed by atoms with Gasteiger partial charge < -0.3 is 9.15 Å². The molecular weight excluding hydrogens is 194 g/mol. The van der Waals surface area contributed by atoms with E-state index in [4.69, 9.17) is 14.4 Å². The molecule has 1 aromatic heterocycles. The van der Waals surface area contributed by atoms with E-state index in [1.54, 1.807) is 37.4 Å². The van der Waals surface area contributed by atoms with Crippen LogP contribution in [0, 0.1) is 11.3 Å². The molecule has 1 heterocycles. The fourth-order valence-electron chi connectivity index (χ4n) is 1.12. The molecule has 0 radical (unpaired) electrons. The smallest absolute Gasteiger partial charge is 0.321 e. The van der Waals surface area contributed by atoms with Gasteiger partial charge >= 0.3 is 5.89 Å². The predicted octanol–water partition coefficient (Wildman–Crippen LogP) is 1.62. The first-order chi connectivity index (χ1) is 7.33. The van der Waals surface area contributed by atoms with Crippen molar-refractivity contribution >= 4 is 0 Å². The van der Waals surface area contributed by atoms with E-state index in [1.165, 1.54) is 0 Å². The van der Waals surface area contributed by atoms with Crippen molar-refractivity contribution in [2.45, 2.75) is 0 Å². The van der Waals surface area contributed by atoms with E-state index in [1.807, 2.05) is 0 Å². The summed E-state index contributed by atoms with van der Waals surface area (Å²) in [6, 6.07) is 8.91. The van der Waals surface area contributed by atoms with Gasteiger partial charge in [-0.15, -0.1) is 5.10 Å². The number of rotatable bonds is 2. The molecule has 5 heteroatoms. The second-order valence-electron chi connectivity index (χ2n) is 2.75. The summed E-state index contributed by atoms with van der Waals surface area (Å²) >= 11 is 0. The summed E-state index contributed by atoms with van der Waals surface area (Å²) in [6.45, 7) is 0. The number of nitrogens with zero attached hydrogens (tertiary/aromatic N) is 3. The number of ether oxygens (including phenoxy) is 1. The molecule has 0 unspecified atom stereocenters. The Morgan fingerprint density at radius 2 is 2.00 bits per heavy atom. The van der Waals surface area contributed by atoms with Gasteiger partial charge in [0.25, 0.3) is 0 Å². The fourth-order valence-corrected chi connectivity index (χ4v) is 1.12. The van der Waals surface area contributed by atoms with E-state index in [-0.39, 0.29) is 5.89 Å². The zero-order valence-corrected chi connectivity index (χ0v) is 7.97. The molecule has 74 valence electrons. The van der Waals surface area contributed by atoms with Gasteiger partial charge in [-0.1, -0.05) is 5.10 Å². The maximum atomic E-state index is 8.51. The van der Waals surface area contributed by atoms with Crippen LogP contribution in [0.2, 0.25) is 0 Å². The van der Waals surface area contributed by atoms with Crippen molar-refractivity contribution in [1.29, 1.82) is 5.26 Å². The minimum Gasteiger partial charge on any atom is -0.497 e. The molecule has 0 atom stereocenters. The van der Waals surface area contributed by atoms with Crippen LogP contribution in [0.15, 0.2) is 28.7 Å². The number of hydrogen-bond donors (Lipinski definition) is 0. The van der Waals surface area contributed by atoms with Crippen LogP contribution >= 0.6 is 0 Å². The van der Waals surface area contributed by atoms with Gasteiger partial charge in [0.15, 0.2) is 6.07 Å². The summed E-state index contributed by atoms with van der Waals surface area (Å²) in [6.07, 6.45) is 0. The van der Waals surface area contributed by atoms with Gasteiger partial charge in [0.05, 0.1) is 7.11 Å². The molecule has 0 spiro atoms. The highest BCUT2D eigenvalue weighted by Crippen LogP contribution is 2.20. The van der Waals surface area contributed by atoms with Gasteiger partial charge in [-0.3, -0.25) is 0 Å². The van der Waals surface area contributed by atoms with Crippen molar-refractivity contribution in [3.63, 3.8) is 0 Å². The van der Waals surface area contributed by atoms with Crippen LogP contribution in [-0.2, 0) is 0 Å². The second kappa shape index (κ2) is 3.80. The van der Waals surface area contributed by atoms with Crippen LogP contribution in [0.25, 0.3) is 11.5 Å². The molecule has 0 fully saturated rings. The number of aromatic nitrogens is 2. The molecular formula is C10H7N3O2. The summed E-state index contributed by atoms with van der Waals surface area (Å²) in [7, 11) is 1.59. The molecule has 0 aliphatic heterocycles. The number of benzene rings is 1. The second-order valence-corrected chi connectivity index (χ2v) is 2.75. The van der Waals surface area contributed by atoms with Crippen molar-refractivity contribution in [1.82, 2.24) is 10.2 Å². The fraction of sp³-hybridized carbons (Fsp3) is 0.100. The highest BCUT2D eigenvalue weighted by molar-refractivity contribution is 5.54. The molecule has 5 nitrogen and oxygen atoms in total. The summed E-state index contributed by atoms with van der Waals surface area (Å²) in [5.41, 5.74) is 0.754. The van der Waals surface area contributed by atoms with Crippen molar-refractivity contribution in [3.05, 3.63) is 30.2 Å². The third-order valence-electron chi connectivity index (χ3n) is 1.86. The van der Waals surface area contributed by atoms with Gasteiger partial charge in [-0.25, -0.2) is 0 Å². The molecule has 2 rings (SSSR count). The Morgan fingerprint density at radius 1 is 1.27 bits per heavy atom. The first-order valence-corrected chi connectivity index (χ1v) is 4.21. The van der Waals surface area contributed by atoms with Crippen LogP contribution in [0.3, 0.4) is 0 Å². The first kappa shape index (κ1) is 9.21. The van der Waals surface area contributed by atoms with Gasteiger partial charge in [0, 0.05) is 5.56 Å². The lowest BCUT2D eigenvalue weighted by Crippen LogP contribution is -1.82. The van der Waals surface area contributed by atoms with E-state index >= 15 is 0 Å². The van der Waals surface area contributed by atoms with Crippen molar-refractivity contribution in [2.24, 2.45) is 0 Å². The van der Waals surface area contributed by atoms with E-state index in [2.05, 4.69) is 10.2 Å². The Labute approximate surface area is 85.9 Å².